The van der Waals surface area contributed by atoms with Gasteiger partial charge >= 0.3 is 6.18 Å². The number of nitrogens with one attached hydrogen (secondary N) is 1. The van der Waals surface area contributed by atoms with Crippen molar-refractivity contribution in [1.29, 1.82) is 0 Å². The largest absolute Gasteiger partial charge is 0.434 e. The molecule has 0 radical (unpaired) electrons. The van der Waals surface area contributed by atoms with Gasteiger partial charge in [-0.1, -0.05) is 40.9 Å². The minimum absolute atomic E-state index is 0.0334. The normalized spacial score (nSPS) is 11.7. The molecule has 0 atom stereocenters. The maximum atomic E-state index is 13.9. The molecule has 6 nitrogen and oxygen atoms in total. The molecule has 0 unspecified atom stereocenters. The van der Waals surface area contributed by atoms with Crippen molar-refractivity contribution in [3.05, 3.63) is 62.2 Å². The van der Waals surface area contributed by atoms with E-state index in [0.717, 1.165) is 7.05 Å². The molecule has 13 heteroatoms. The van der Waals surface area contributed by atoms with E-state index in [9.17, 15) is 22.4 Å². The summed E-state index contributed by atoms with van der Waals surface area (Å²) in [5.74, 6) is -1.77. The second kappa shape index (κ2) is 7.85. The minimum Gasteiger partial charge on any atom is -0.302 e. The third kappa shape index (κ3) is 4.34. The zero-order valence-corrected chi connectivity index (χ0v) is 16.6. The molecule has 0 aliphatic carbocycles. The van der Waals surface area contributed by atoms with Crippen LogP contribution in [0.2, 0.25) is 15.1 Å². The van der Waals surface area contributed by atoms with Gasteiger partial charge in [-0.15, -0.1) is 0 Å². The van der Waals surface area contributed by atoms with Gasteiger partial charge in [0.25, 0.3) is 5.91 Å². The second-order valence-electron chi connectivity index (χ2n) is 5.81. The van der Waals surface area contributed by atoms with E-state index >= 15 is 0 Å². The summed E-state index contributed by atoms with van der Waals surface area (Å²) in [6.07, 6.45) is -3.50. The van der Waals surface area contributed by atoms with Gasteiger partial charge in [-0.25, -0.2) is 4.39 Å². The summed E-state index contributed by atoms with van der Waals surface area (Å²) in [6.45, 7) is -0.0936. The first-order valence-electron chi connectivity index (χ1n) is 7.76. The van der Waals surface area contributed by atoms with Crippen molar-refractivity contribution in [3.8, 4) is 0 Å². The maximum absolute atomic E-state index is 13.9. The van der Waals surface area contributed by atoms with Gasteiger partial charge in [-0.2, -0.15) is 23.4 Å². The highest BCUT2D eigenvalue weighted by Crippen LogP contribution is 2.36. The van der Waals surface area contributed by atoms with Crippen LogP contribution in [0, 0.1) is 5.82 Å². The van der Waals surface area contributed by atoms with E-state index < -0.39 is 34.3 Å². The average Bonchev–Trinajstić information content (AvgIpc) is 3.09. The van der Waals surface area contributed by atoms with Crippen LogP contribution in [0.1, 0.15) is 21.7 Å². The molecule has 1 amide bonds. The van der Waals surface area contributed by atoms with Crippen LogP contribution in [-0.4, -0.2) is 25.5 Å². The molecule has 0 bridgehead atoms. The Hall–Kier alpha value is -2.30. The van der Waals surface area contributed by atoms with Crippen molar-refractivity contribution in [2.24, 2.45) is 7.05 Å². The van der Waals surface area contributed by atoms with Crippen LogP contribution in [-0.2, 0) is 19.8 Å². The summed E-state index contributed by atoms with van der Waals surface area (Å²) in [4.78, 5) is 12.3. The Balaban J connectivity index is 1.84. The molecular formula is C16H10Cl3F4N5O. The number of nitrogens with zero attached hydrogens (tertiary/aromatic N) is 4. The number of halogens is 7. The van der Waals surface area contributed by atoms with Gasteiger partial charge in [0.15, 0.2) is 17.2 Å². The Morgan fingerprint density at radius 1 is 1.17 bits per heavy atom. The number of aromatic nitrogens is 4. The lowest BCUT2D eigenvalue weighted by Gasteiger charge is -2.06. The van der Waals surface area contributed by atoms with Gasteiger partial charge in [0, 0.05) is 23.8 Å². The molecule has 154 valence electrons. The highest BCUT2D eigenvalue weighted by Gasteiger charge is 2.40. The number of aryl methyl sites for hydroxylation is 1. The number of amides is 1. The number of hydrogen-bond acceptors (Lipinski definition) is 3. The minimum atomic E-state index is -4.80. The first-order chi connectivity index (χ1) is 13.5. The third-order valence-corrected chi connectivity index (χ3v) is 4.79. The molecule has 3 rings (SSSR count). The fourth-order valence-electron chi connectivity index (χ4n) is 2.53. The monoisotopic (exact) mass is 469 g/mol. The third-order valence-electron chi connectivity index (χ3n) is 3.80. The zero-order valence-electron chi connectivity index (χ0n) is 14.4. The second-order valence-corrected chi connectivity index (χ2v) is 7.00. The first kappa shape index (κ1) is 21.4. The van der Waals surface area contributed by atoms with Crippen LogP contribution >= 0.6 is 34.8 Å². The molecule has 2 aromatic heterocycles. The zero-order chi connectivity index (χ0) is 21.5. The van der Waals surface area contributed by atoms with Crippen LogP contribution in [0.3, 0.4) is 0 Å². The number of rotatable bonds is 4. The summed E-state index contributed by atoms with van der Waals surface area (Å²) < 4.78 is 54.6. The quantitative estimate of drug-likeness (QED) is 0.544. The molecule has 0 saturated heterocycles. The Labute approximate surface area is 176 Å². The Bertz CT molecular complexity index is 1070. The molecule has 1 aromatic carbocycles. The van der Waals surface area contributed by atoms with Crippen molar-refractivity contribution in [2.45, 2.75) is 12.7 Å². The van der Waals surface area contributed by atoms with Crippen molar-refractivity contribution in [2.75, 3.05) is 5.32 Å². The number of hydrogen-bond donors (Lipinski definition) is 1. The van der Waals surface area contributed by atoms with E-state index in [0.29, 0.717) is 4.68 Å². The summed E-state index contributed by atoms with van der Waals surface area (Å²) in [6, 6.07) is 4.15. The van der Waals surface area contributed by atoms with Gasteiger partial charge in [-0.3, -0.25) is 14.2 Å². The topological polar surface area (TPSA) is 64.7 Å². The molecule has 29 heavy (non-hydrogen) atoms. The molecule has 2 heterocycles. The molecule has 1 N–H and O–H groups in total. The average molecular weight is 471 g/mol. The van der Waals surface area contributed by atoms with Gasteiger partial charge in [-0.05, 0) is 12.1 Å². The maximum Gasteiger partial charge on any atom is 0.434 e. The number of carbonyl (C=O) groups is 1. The lowest BCUT2D eigenvalue weighted by atomic mass is 10.2. The van der Waals surface area contributed by atoms with Crippen LogP contribution in [0.25, 0.3) is 0 Å². The van der Waals surface area contributed by atoms with Crippen LogP contribution in [0.4, 0.5) is 23.4 Å². The van der Waals surface area contributed by atoms with E-state index in [4.69, 9.17) is 34.8 Å². The number of benzene rings is 1. The van der Waals surface area contributed by atoms with Gasteiger partial charge < -0.3 is 5.32 Å². The molecule has 0 saturated carbocycles. The highest BCUT2D eigenvalue weighted by molar-refractivity contribution is 6.36. The lowest BCUT2D eigenvalue weighted by Crippen LogP contribution is -2.14. The standard InChI is InChI=1S/C16H10Cl3F4N5O/c1-27-13(16(21,22)23)11(19)12(25-27)15(29)24-14-9(18)6-28(26-14)5-7-8(17)3-2-4-10(7)20/h2-4,6H,5H2,1H3,(H,24,26,29). The van der Waals surface area contributed by atoms with Crippen molar-refractivity contribution in [3.63, 3.8) is 0 Å². The van der Waals surface area contributed by atoms with Gasteiger partial charge in [0.1, 0.15) is 15.9 Å². The first-order valence-corrected chi connectivity index (χ1v) is 8.89. The summed E-state index contributed by atoms with van der Waals surface area (Å²) >= 11 is 17.7. The number of anilines is 1. The lowest BCUT2D eigenvalue weighted by molar-refractivity contribution is -0.143. The molecule has 0 aliphatic heterocycles. The highest BCUT2D eigenvalue weighted by atomic mass is 35.5. The predicted octanol–water partition coefficient (Wildman–Crippen LogP) is 5.04. The van der Waals surface area contributed by atoms with Crippen LogP contribution < -0.4 is 5.32 Å². The van der Waals surface area contributed by atoms with E-state index in [1.54, 1.807) is 0 Å². The molecule has 0 spiro atoms. The molecular weight excluding hydrogens is 461 g/mol. The fourth-order valence-corrected chi connectivity index (χ4v) is 3.30. The van der Waals surface area contributed by atoms with Crippen molar-refractivity contribution < 1.29 is 22.4 Å². The van der Waals surface area contributed by atoms with E-state index in [2.05, 4.69) is 15.5 Å². The number of carbonyl (C=O) groups excluding carboxylic acids is 1. The fraction of sp³-hybridized carbons (Fsp3) is 0.188. The molecule has 3 aromatic rings. The van der Waals surface area contributed by atoms with Crippen molar-refractivity contribution >= 4 is 46.5 Å². The summed E-state index contributed by atoms with van der Waals surface area (Å²) in [7, 11) is 1.01. The Kier molecular flexibility index (Phi) is 5.79. The van der Waals surface area contributed by atoms with Crippen molar-refractivity contribution in [1.82, 2.24) is 19.6 Å². The van der Waals surface area contributed by atoms with E-state index in [-0.39, 0.29) is 28.0 Å². The SMILES string of the molecule is Cn1nc(C(=O)Nc2nn(Cc3c(F)cccc3Cl)cc2Cl)c(Cl)c1C(F)(F)F. The predicted molar refractivity (Wildman–Crippen MR) is 98.9 cm³/mol. The van der Waals surface area contributed by atoms with E-state index in [1.165, 1.54) is 29.1 Å². The van der Waals surface area contributed by atoms with Gasteiger partial charge in [0.05, 0.1) is 6.54 Å². The summed E-state index contributed by atoms with van der Waals surface area (Å²) in [5.41, 5.74) is -1.77. The van der Waals surface area contributed by atoms with E-state index in [1.807, 2.05) is 0 Å². The number of alkyl halides is 3. The molecule has 0 fully saturated rings. The molecule has 0 aliphatic rings. The summed E-state index contributed by atoms with van der Waals surface area (Å²) in [5, 5.41) is 9.01. The van der Waals surface area contributed by atoms with Crippen LogP contribution in [0.15, 0.2) is 24.4 Å². The van der Waals surface area contributed by atoms with Gasteiger partial charge in [0.2, 0.25) is 0 Å². The van der Waals surface area contributed by atoms with Crippen LogP contribution in [0.5, 0.6) is 0 Å². The Morgan fingerprint density at radius 2 is 1.86 bits per heavy atom. The Morgan fingerprint density at radius 3 is 2.45 bits per heavy atom. The smallest absolute Gasteiger partial charge is 0.302 e.